The molecule has 2 aliphatic rings. The fourth-order valence-electron chi connectivity index (χ4n) is 5.71. The lowest BCUT2D eigenvalue weighted by molar-refractivity contribution is -0.137. The minimum absolute atomic E-state index is 0.0325. The molecule has 10 nitrogen and oxygen atoms in total. The number of carboxylic acids is 1. The molecule has 1 N–H and O–H groups in total. The van der Waals surface area contributed by atoms with Gasteiger partial charge < -0.3 is 19.5 Å². The number of aryl methyl sites for hydroxylation is 1. The van der Waals surface area contributed by atoms with E-state index >= 15 is 0 Å². The lowest BCUT2D eigenvalue weighted by Crippen LogP contribution is -2.40. The van der Waals surface area contributed by atoms with E-state index in [4.69, 9.17) is 9.47 Å². The molecule has 1 saturated carbocycles. The van der Waals surface area contributed by atoms with Crippen LogP contribution in [0, 0.1) is 18.8 Å². The number of ether oxygens (including phenoxy) is 2. The number of carboxylic acid groups (broad SMARTS) is 1. The molecule has 2 aromatic heterocycles. The summed E-state index contributed by atoms with van der Waals surface area (Å²) in [5.74, 6) is 0.136. The minimum atomic E-state index is -2.77. The summed E-state index contributed by atoms with van der Waals surface area (Å²) in [5, 5.41) is 9.35. The molecular weight excluding hydrogens is 572 g/mol. The van der Waals surface area contributed by atoms with Crippen molar-refractivity contribution in [3.8, 4) is 11.6 Å². The standard InChI is InChI=1S/C32H37F2N5O5/c1-20-7-11-36-32(37-20)39(18-28(33)34)31(42)25-6-5-24(43-2)16-27(25)38-13-9-21(10-14-38)19-44-29-15-23(8-12-35-29)26(17-30(40)41)22-3-4-22/h5-8,11-12,15-16,21-22,26,28H,3-4,9-10,13-14,17-19H2,1-2H3,(H,40,41). The van der Waals surface area contributed by atoms with E-state index in [9.17, 15) is 23.5 Å². The van der Waals surface area contributed by atoms with E-state index in [1.807, 2.05) is 12.1 Å². The normalized spacial score (nSPS) is 16.1. The molecule has 3 aromatic rings. The summed E-state index contributed by atoms with van der Waals surface area (Å²) in [6, 6.07) is 10.4. The van der Waals surface area contributed by atoms with Gasteiger partial charge in [-0.25, -0.2) is 23.7 Å². The van der Waals surface area contributed by atoms with Gasteiger partial charge in [0.2, 0.25) is 11.8 Å². The van der Waals surface area contributed by atoms with Crippen LogP contribution in [-0.4, -0.2) is 71.7 Å². The number of pyridine rings is 1. The molecule has 1 aliphatic heterocycles. The number of nitrogens with zero attached hydrogens (tertiary/aromatic N) is 5. The van der Waals surface area contributed by atoms with Gasteiger partial charge in [0.15, 0.2) is 0 Å². The number of carbonyl (C=O) groups excluding carboxylic acids is 1. The largest absolute Gasteiger partial charge is 0.497 e. The number of amides is 1. The first-order chi connectivity index (χ1) is 21.2. The van der Waals surface area contributed by atoms with Crippen LogP contribution in [0.3, 0.4) is 0 Å². The monoisotopic (exact) mass is 609 g/mol. The quantitative estimate of drug-likeness (QED) is 0.273. The number of aromatic nitrogens is 3. The van der Waals surface area contributed by atoms with E-state index in [1.165, 1.54) is 13.3 Å². The van der Waals surface area contributed by atoms with Crippen LogP contribution in [0.1, 0.15) is 59.6 Å². The number of alkyl halides is 2. The smallest absolute Gasteiger partial charge is 0.303 e. The number of benzene rings is 1. The van der Waals surface area contributed by atoms with Gasteiger partial charge in [-0.1, -0.05) is 0 Å². The Labute approximate surface area is 255 Å². The second kappa shape index (κ2) is 14.0. The predicted molar refractivity (Wildman–Crippen MR) is 160 cm³/mol. The van der Waals surface area contributed by atoms with Crippen molar-refractivity contribution in [2.45, 2.75) is 51.4 Å². The second-order valence-corrected chi connectivity index (χ2v) is 11.4. The predicted octanol–water partition coefficient (Wildman–Crippen LogP) is 5.36. The summed E-state index contributed by atoms with van der Waals surface area (Å²) in [6.07, 6.45) is 4.07. The van der Waals surface area contributed by atoms with Gasteiger partial charge in [0.05, 0.1) is 37.9 Å². The number of rotatable bonds is 13. The highest BCUT2D eigenvalue weighted by molar-refractivity contribution is 6.09. The first-order valence-electron chi connectivity index (χ1n) is 14.8. The van der Waals surface area contributed by atoms with Crippen LogP contribution in [-0.2, 0) is 4.79 Å². The van der Waals surface area contributed by atoms with Crippen LogP contribution in [0.4, 0.5) is 20.4 Å². The van der Waals surface area contributed by atoms with Crippen molar-refractivity contribution in [1.82, 2.24) is 15.0 Å². The second-order valence-electron chi connectivity index (χ2n) is 11.4. The zero-order valence-electron chi connectivity index (χ0n) is 24.9. The molecule has 1 atom stereocenters. The minimum Gasteiger partial charge on any atom is -0.497 e. The molecule has 3 heterocycles. The molecule has 1 saturated heterocycles. The zero-order chi connectivity index (χ0) is 31.2. The number of carbonyl (C=O) groups is 2. The Balaban J connectivity index is 1.26. The Morgan fingerprint density at radius 3 is 2.48 bits per heavy atom. The van der Waals surface area contributed by atoms with Crippen molar-refractivity contribution in [2.24, 2.45) is 11.8 Å². The average Bonchev–Trinajstić information content (AvgIpc) is 3.87. The molecule has 0 radical (unpaired) electrons. The molecule has 1 aliphatic carbocycles. The van der Waals surface area contributed by atoms with Crippen molar-refractivity contribution < 1.29 is 33.0 Å². The summed E-state index contributed by atoms with van der Waals surface area (Å²) < 4.78 is 38.7. The fourth-order valence-corrected chi connectivity index (χ4v) is 5.71. The maximum Gasteiger partial charge on any atom is 0.303 e. The van der Waals surface area contributed by atoms with Crippen LogP contribution >= 0.6 is 0 Å². The summed E-state index contributed by atoms with van der Waals surface area (Å²) in [5.41, 5.74) is 2.37. The van der Waals surface area contributed by atoms with Crippen LogP contribution in [0.2, 0.25) is 0 Å². The molecule has 5 rings (SSSR count). The number of methoxy groups -OCH3 is 1. The number of piperidine rings is 1. The van der Waals surface area contributed by atoms with E-state index < -0.39 is 24.8 Å². The molecule has 2 fully saturated rings. The number of aliphatic carboxylic acids is 1. The summed E-state index contributed by atoms with van der Waals surface area (Å²) in [7, 11) is 1.53. The van der Waals surface area contributed by atoms with Gasteiger partial charge in [-0.2, -0.15) is 0 Å². The highest BCUT2D eigenvalue weighted by Gasteiger charge is 2.34. The maximum absolute atomic E-state index is 13.7. The third kappa shape index (κ3) is 7.78. The van der Waals surface area contributed by atoms with Crippen LogP contribution in [0.25, 0.3) is 0 Å². The SMILES string of the molecule is COc1ccc(C(=O)N(CC(F)F)c2nccc(C)n2)c(N2CCC(COc3cc(C(CC(=O)O)C4CC4)ccn3)CC2)c1. The van der Waals surface area contributed by atoms with E-state index in [-0.39, 0.29) is 29.8 Å². The molecule has 1 unspecified atom stereocenters. The molecule has 1 amide bonds. The number of hydrogen-bond donors (Lipinski definition) is 1. The van der Waals surface area contributed by atoms with Gasteiger partial charge in [0, 0.05) is 43.3 Å². The van der Waals surface area contributed by atoms with Crippen molar-refractivity contribution in [1.29, 1.82) is 0 Å². The van der Waals surface area contributed by atoms with Crippen LogP contribution in [0.5, 0.6) is 11.6 Å². The van der Waals surface area contributed by atoms with Gasteiger partial charge in [-0.15, -0.1) is 0 Å². The summed E-state index contributed by atoms with van der Waals surface area (Å²) >= 11 is 0. The van der Waals surface area contributed by atoms with E-state index in [0.717, 1.165) is 36.1 Å². The zero-order valence-corrected chi connectivity index (χ0v) is 24.9. The fraction of sp³-hybridized carbons (Fsp3) is 0.469. The number of hydrogen-bond acceptors (Lipinski definition) is 8. The first-order valence-corrected chi connectivity index (χ1v) is 14.8. The Kier molecular flexibility index (Phi) is 9.86. The Morgan fingerprint density at radius 1 is 1.07 bits per heavy atom. The molecular formula is C32H37F2N5O5. The molecule has 234 valence electrons. The first kappa shape index (κ1) is 31.1. The highest BCUT2D eigenvalue weighted by Crippen LogP contribution is 2.45. The third-order valence-electron chi connectivity index (χ3n) is 8.22. The molecule has 12 heteroatoms. The van der Waals surface area contributed by atoms with Crippen molar-refractivity contribution in [3.05, 3.63) is 65.6 Å². The van der Waals surface area contributed by atoms with E-state index in [1.54, 1.807) is 37.4 Å². The topological polar surface area (TPSA) is 118 Å². The summed E-state index contributed by atoms with van der Waals surface area (Å²) in [4.78, 5) is 40.8. The van der Waals surface area contributed by atoms with Crippen molar-refractivity contribution >= 4 is 23.5 Å². The van der Waals surface area contributed by atoms with Crippen molar-refractivity contribution in [3.63, 3.8) is 0 Å². The number of halogens is 2. The lowest BCUT2D eigenvalue weighted by Gasteiger charge is -2.35. The highest BCUT2D eigenvalue weighted by atomic mass is 19.3. The molecule has 44 heavy (non-hydrogen) atoms. The van der Waals surface area contributed by atoms with E-state index in [2.05, 4.69) is 19.9 Å². The van der Waals surface area contributed by atoms with Crippen molar-refractivity contribution in [2.75, 3.05) is 43.2 Å². The van der Waals surface area contributed by atoms with E-state index in [0.29, 0.717) is 48.6 Å². The van der Waals surface area contributed by atoms with Gasteiger partial charge in [0.1, 0.15) is 5.75 Å². The van der Waals surface area contributed by atoms with Gasteiger partial charge in [0.25, 0.3) is 12.3 Å². The molecule has 0 bridgehead atoms. The Morgan fingerprint density at radius 2 is 1.82 bits per heavy atom. The van der Waals surface area contributed by atoms with Crippen LogP contribution in [0.15, 0.2) is 48.8 Å². The van der Waals surface area contributed by atoms with Gasteiger partial charge in [-0.3, -0.25) is 14.5 Å². The average molecular weight is 610 g/mol. The van der Waals surface area contributed by atoms with Gasteiger partial charge >= 0.3 is 5.97 Å². The Hall–Kier alpha value is -4.35. The Bertz CT molecular complexity index is 1460. The molecule has 0 spiro atoms. The lowest BCUT2D eigenvalue weighted by atomic mass is 9.92. The summed E-state index contributed by atoms with van der Waals surface area (Å²) in [6.45, 7) is 2.56. The van der Waals surface area contributed by atoms with Crippen LogP contribution < -0.4 is 19.3 Å². The van der Waals surface area contributed by atoms with Gasteiger partial charge in [-0.05, 0) is 80.2 Å². The molecule has 1 aromatic carbocycles. The number of anilines is 2. The maximum atomic E-state index is 13.7. The third-order valence-corrected chi connectivity index (χ3v) is 8.22.